The topological polar surface area (TPSA) is 114 Å². The van der Waals surface area contributed by atoms with Gasteiger partial charge in [-0.2, -0.15) is 0 Å². The molecular weight excluding hydrogens is 294 g/mol. The second-order valence-electron chi connectivity index (χ2n) is 5.18. The summed E-state index contributed by atoms with van der Waals surface area (Å²) in [6.45, 7) is 0.845. The molecule has 21 heavy (non-hydrogen) atoms. The third-order valence-corrected chi connectivity index (χ3v) is 4.42. The molecule has 1 aliphatic rings. The average molecular weight is 315 g/mol. The van der Waals surface area contributed by atoms with E-state index in [9.17, 15) is 13.2 Å². The summed E-state index contributed by atoms with van der Waals surface area (Å²) < 4.78 is 27.9. The van der Waals surface area contributed by atoms with E-state index in [0.29, 0.717) is 19.3 Å². The van der Waals surface area contributed by atoms with Crippen LogP contribution in [0, 0.1) is 0 Å². The number of nitrogens with two attached hydrogens (primary N) is 1. The summed E-state index contributed by atoms with van der Waals surface area (Å²) in [5, 5.41) is 7.65. The second kappa shape index (κ2) is 7.06. The van der Waals surface area contributed by atoms with Crippen LogP contribution < -0.4 is 10.5 Å². The zero-order valence-corrected chi connectivity index (χ0v) is 12.6. The number of rotatable bonds is 6. The Bertz CT molecular complexity index is 576. The van der Waals surface area contributed by atoms with Crippen LogP contribution in [0.4, 0.5) is 0 Å². The minimum atomic E-state index is -3.79. The van der Waals surface area contributed by atoms with E-state index < -0.39 is 10.0 Å². The molecule has 8 heteroatoms. The van der Waals surface area contributed by atoms with E-state index in [-0.39, 0.29) is 16.5 Å². The number of hydrogen-bond donors (Lipinski definition) is 3. The van der Waals surface area contributed by atoms with Crippen molar-refractivity contribution >= 4 is 15.9 Å². The van der Waals surface area contributed by atoms with E-state index in [1.807, 2.05) is 0 Å². The number of ether oxygens (including phenoxy) is 1. The molecule has 0 aromatic carbocycles. The molecule has 1 heterocycles. The Balaban J connectivity index is 1.73. The van der Waals surface area contributed by atoms with E-state index in [0.717, 1.165) is 12.8 Å². The Morgan fingerprint density at radius 1 is 1.38 bits per heavy atom. The maximum Gasteiger partial charge on any atom is 0.267 e. The van der Waals surface area contributed by atoms with Crippen molar-refractivity contribution in [2.24, 2.45) is 5.14 Å². The SMILES string of the molecule is NS(=O)(=O)c1c[nH]c(C(=O)NCCOC2CCCCC2)c1. The Hall–Kier alpha value is -1.38. The molecule has 1 fully saturated rings. The number of sulfonamides is 1. The largest absolute Gasteiger partial charge is 0.376 e. The molecule has 0 unspecified atom stereocenters. The van der Waals surface area contributed by atoms with Gasteiger partial charge in [0.2, 0.25) is 10.0 Å². The van der Waals surface area contributed by atoms with Crippen LogP contribution >= 0.6 is 0 Å². The first-order valence-corrected chi connectivity index (χ1v) is 8.62. The third kappa shape index (κ3) is 4.83. The summed E-state index contributed by atoms with van der Waals surface area (Å²) in [5.41, 5.74) is 0.164. The number of H-pyrrole nitrogens is 1. The number of nitrogens with one attached hydrogen (secondary N) is 2. The predicted octanol–water partition coefficient (Wildman–Crippen LogP) is 0.741. The van der Waals surface area contributed by atoms with Crippen LogP contribution in [0.5, 0.6) is 0 Å². The van der Waals surface area contributed by atoms with Crippen molar-refractivity contribution in [2.45, 2.75) is 43.1 Å². The average Bonchev–Trinajstić information content (AvgIpc) is 2.94. The highest BCUT2D eigenvalue weighted by Gasteiger charge is 2.15. The van der Waals surface area contributed by atoms with E-state index in [1.54, 1.807) is 0 Å². The zero-order valence-electron chi connectivity index (χ0n) is 11.8. The lowest BCUT2D eigenvalue weighted by atomic mass is 9.98. The molecule has 1 aromatic rings. The number of primary sulfonamides is 1. The van der Waals surface area contributed by atoms with Gasteiger partial charge >= 0.3 is 0 Å². The van der Waals surface area contributed by atoms with E-state index in [2.05, 4.69) is 10.3 Å². The van der Waals surface area contributed by atoms with Gasteiger partial charge in [0.05, 0.1) is 17.6 Å². The highest BCUT2D eigenvalue weighted by Crippen LogP contribution is 2.19. The molecule has 0 atom stereocenters. The monoisotopic (exact) mass is 315 g/mol. The Kier molecular flexibility index (Phi) is 5.38. The van der Waals surface area contributed by atoms with E-state index in [1.165, 1.54) is 31.5 Å². The molecule has 0 spiro atoms. The van der Waals surface area contributed by atoms with Crippen molar-refractivity contribution in [3.8, 4) is 0 Å². The summed E-state index contributed by atoms with van der Waals surface area (Å²) in [6.07, 6.45) is 7.35. The molecular formula is C13H21N3O4S. The number of carbonyl (C=O) groups excluding carboxylic acids is 1. The maximum absolute atomic E-state index is 11.8. The van der Waals surface area contributed by atoms with Crippen molar-refractivity contribution in [2.75, 3.05) is 13.2 Å². The van der Waals surface area contributed by atoms with Crippen LogP contribution in [0.15, 0.2) is 17.2 Å². The molecule has 1 aromatic heterocycles. The maximum atomic E-state index is 11.8. The molecule has 0 radical (unpaired) electrons. The molecule has 118 valence electrons. The lowest BCUT2D eigenvalue weighted by Crippen LogP contribution is -2.29. The summed E-state index contributed by atoms with van der Waals surface area (Å²) in [6, 6.07) is 1.21. The summed E-state index contributed by atoms with van der Waals surface area (Å²) in [4.78, 5) is 14.3. The van der Waals surface area contributed by atoms with Crippen LogP contribution in [0.2, 0.25) is 0 Å². The molecule has 1 saturated carbocycles. The molecule has 0 aliphatic heterocycles. The van der Waals surface area contributed by atoms with Crippen LogP contribution in [0.25, 0.3) is 0 Å². The number of carbonyl (C=O) groups is 1. The number of aromatic nitrogens is 1. The van der Waals surface area contributed by atoms with Gasteiger partial charge in [-0.3, -0.25) is 4.79 Å². The normalized spacial score (nSPS) is 16.8. The first-order chi connectivity index (χ1) is 9.97. The molecule has 1 aliphatic carbocycles. The summed E-state index contributed by atoms with van der Waals surface area (Å²) in [5.74, 6) is -0.378. The predicted molar refractivity (Wildman–Crippen MR) is 77.3 cm³/mol. The Labute approximate surface area is 124 Å². The van der Waals surface area contributed by atoms with E-state index in [4.69, 9.17) is 9.88 Å². The van der Waals surface area contributed by atoms with Crippen LogP contribution in [0.3, 0.4) is 0 Å². The van der Waals surface area contributed by atoms with Crippen LogP contribution in [0.1, 0.15) is 42.6 Å². The number of aromatic amines is 1. The molecule has 2 rings (SSSR count). The molecule has 4 N–H and O–H groups in total. The summed E-state index contributed by atoms with van der Waals surface area (Å²) >= 11 is 0. The first-order valence-electron chi connectivity index (χ1n) is 7.08. The minimum absolute atomic E-state index is 0.105. The van der Waals surface area contributed by atoms with Crippen molar-refractivity contribution < 1.29 is 17.9 Å². The number of amides is 1. The van der Waals surface area contributed by atoms with Gasteiger partial charge in [-0.05, 0) is 18.9 Å². The fourth-order valence-corrected chi connectivity index (χ4v) is 2.89. The molecule has 0 bridgehead atoms. The minimum Gasteiger partial charge on any atom is -0.376 e. The standard InChI is InChI=1S/C13H21N3O4S/c14-21(18,19)11-8-12(16-9-11)13(17)15-6-7-20-10-4-2-1-3-5-10/h8-10,16H,1-7H2,(H,15,17)(H2,14,18,19). The van der Waals surface area contributed by atoms with E-state index >= 15 is 0 Å². The lowest BCUT2D eigenvalue weighted by Gasteiger charge is -2.21. The molecule has 1 amide bonds. The van der Waals surface area contributed by atoms with Gasteiger partial charge in [0.25, 0.3) is 5.91 Å². The smallest absolute Gasteiger partial charge is 0.267 e. The van der Waals surface area contributed by atoms with Crippen molar-refractivity contribution in [1.82, 2.24) is 10.3 Å². The first kappa shape index (κ1) is 16.0. The summed E-state index contributed by atoms with van der Waals surface area (Å²) in [7, 11) is -3.79. The fourth-order valence-electron chi connectivity index (χ4n) is 2.39. The van der Waals surface area contributed by atoms with Gasteiger partial charge in [0.15, 0.2) is 0 Å². The van der Waals surface area contributed by atoms with Gasteiger partial charge in [0.1, 0.15) is 5.69 Å². The lowest BCUT2D eigenvalue weighted by molar-refractivity contribution is 0.0299. The van der Waals surface area contributed by atoms with Crippen molar-refractivity contribution in [1.29, 1.82) is 0 Å². The van der Waals surface area contributed by atoms with Crippen molar-refractivity contribution in [3.63, 3.8) is 0 Å². The Morgan fingerprint density at radius 3 is 2.71 bits per heavy atom. The van der Waals surface area contributed by atoms with Gasteiger partial charge in [-0.15, -0.1) is 0 Å². The van der Waals surface area contributed by atoms with Gasteiger partial charge < -0.3 is 15.0 Å². The third-order valence-electron chi connectivity index (χ3n) is 3.52. The highest BCUT2D eigenvalue weighted by molar-refractivity contribution is 7.89. The molecule has 0 saturated heterocycles. The Morgan fingerprint density at radius 2 is 2.10 bits per heavy atom. The highest BCUT2D eigenvalue weighted by atomic mass is 32.2. The van der Waals surface area contributed by atoms with Crippen molar-refractivity contribution in [3.05, 3.63) is 18.0 Å². The fraction of sp³-hybridized carbons (Fsp3) is 0.615. The quantitative estimate of drug-likeness (QED) is 0.672. The van der Waals surface area contributed by atoms with Crippen LogP contribution in [-0.4, -0.2) is 38.6 Å². The molecule has 7 nitrogen and oxygen atoms in total. The van der Waals surface area contributed by atoms with Gasteiger partial charge in [-0.1, -0.05) is 19.3 Å². The van der Waals surface area contributed by atoms with Crippen LogP contribution in [-0.2, 0) is 14.8 Å². The number of hydrogen-bond acceptors (Lipinski definition) is 4. The second-order valence-corrected chi connectivity index (χ2v) is 6.74. The van der Waals surface area contributed by atoms with Gasteiger partial charge in [0, 0.05) is 12.7 Å². The zero-order chi connectivity index (χ0) is 15.3. The van der Waals surface area contributed by atoms with Gasteiger partial charge in [-0.25, -0.2) is 13.6 Å².